The van der Waals surface area contributed by atoms with Gasteiger partial charge in [-0.2, -0.15) is 0 Å². The third-order valence-electron chi connectivity index (χ3n) is 2.84. The van der Waals surface area contributed by atoms with Crippen LogP contribution in [0.5, 0.6) is 0 Å². The summed E-state index contributed by atoms with van der Waals surface area (Å²) in [5, 5.41) is 3.45. The van der Waals surface area contributed by atoms with Crippen molar-refractivity contribution in [2.75, 3.05) is 19.7 Å². The summed E-state index contributed by atoms with van der Waals surface area (Å²) in [5.74, 6) is 0. The third kappa shape index (κ3) is 4.06. The summed E-state index contributed by atoms with van der Waals surface area (Å²) in [7, 11) is 0. The molecule has 4 heteroatoms. The predicted octanol–water partition coefficient (Wildman–Crippen LogP) is 3.10. The van der Waals surface area contributed by atoms with Crippen molar-refractivity contribution in [3.63, 3.8) is 0 Å². The van der Waals surface area contributed by atoms with Crippen LogP contribution in [0, 0.1) is 0 Å². The fourth-order valence-electron chi connectivity index (χ4n) is 1.96. The van der Waals surface area contributed by atoms with Crippen molar-refractivity contribution in [2.24, 2.45) is 0 Å². The average Bonchev–Trinajstić information content (AvgIpc) is 2.89. The van der Waals surface area contributed by atoms with Crippen molar-refractivity contribution in [3.8, 4) is 0 Å². The lowest BCUT2D eigenvalue weighted by atomic mass is 10.2. The number of rotatable bonds is 6. The second kappa shape index (κ2) is 6.60. The molecule has 0 bridgehead atoms. The molecule has 2 nitrogen and oxygen atoms in total. The highest BCUT2D eigenvalue weighted by Gasteiger charge is 2.14. The van der Waals surface area contributed by atoms with Crippen LogP contribution in [0.2, 0.25) is 4.34 Å². The van der Waals surface area contributed by atoms with Gasteiger partial charge in [0.1, 0.15) is 0 Å². The molecule has 0 radical (unpaired) electrons. The minimum Gasteiger partial charge on any atom is -0.378 e. The van der Waals surface area contributed by atoms with Crippen LogP contribution in [0.15, 0.2) is 12.1 Å². The second-order valence-corrected chi connectivity index (χ2v) is 5.93. The second-order valence-electron chi connectivity index (χ2n) is 4.13. The maximum absolute atomic E-state index is 5.87. The van der Waals surface area contributed by atoms with E-state index in [9.17, 15) is 0 Å². The molecular formula is C12H18ClNOS. The molecule has 90 valence electrons. The van der Waals surface area contributed by atoms with Crippen molar-refractivity contribution in [2.45, 2.75) is 31.8 Å². The fourth-order valence-corrected chi connectivity index (χ4v) is 3.04. The number of ether oxygens (including phenoxy) is 1. The van der Waals surface area contributed by atoms with Crippen LogP contribution >= 0.6 is 22.9 Å². The van der Waals surface area contributed by atoms with Gasteiger partial charge in [-0.25, -0.2) is 0 Å². The summed E-state index contributed by atoms with van der Waals surface area (Å²) in [6, 6.07) is 4.07. The molecule has 0 amide bonds. The number of thiophene rings is 1. The Morgan fingerprint density at radius 3 is 3.06 bits per heavy atom. The zero-order valence-electron chi connectivity index (χ0n) is 9.38. The highest BCUT2D eigenvalue weighted by atomic mass is 35.5. The monoisotopic (exact) mass is 259 g/mol. The Kier molecular flexibility index (Phi) is 5.10. The van der Waals surface area contributed by atoms with E-state index in [0.717, 1.165) is 36.9 Å². The minimum absolute atomic E-state index is 0.503. The Morgan fingerprint density at radius 2 is 2.38 bits per heavy atom. The van der Waals surface area contributed by atoms with Crippen molar-refractivity contribution < 1.29 is 4.74 Å². The average molecular weight is 260 g/mol. The van der Waals surface area contributed by atoms with Gasteiger partial charge < -0.3 is 10.1 Å². The number of halogens is 1. The van der Waals surface area contributed by atoms with E-state index in [-0.39, 0.29) is 0 Å². The molecule has 1 aromatic rings. The number of hydrogen-bond acceptors (Lipinski definition) is 3. The minimum atomic E-state index is 0.503. The van der Waals surface area contributed by atoms with Gasteiger partial charge in [0.05, 0.1) is 10.4 Å². The van der Waals surface area contributed by atoms with E-state index >= 15 is 0 Å². The van der Waals surface area contributed by atoms with E-state index in [0.29, 0.717) is 6.10 Å². The fraction of sp³-hybridized carbons (Fsp3) is 0.667. The van der Waals surface area contributed by atoms with E-state index in [4.69, 9.17) is 16.3 Å². The Hall–Kier alpha value is -0.0900. The molecule has 0 saturated carbocycles. The molecule has 2 heterocycles. The Balaban J connectivity index is 1.51. The molecule has 0 aromatic carbocycles. The van der Waals surface area contributed by atoms with E-state index < -0.39 is 0 Å². The molecule has 1 unspecified atom stereocenters. The molecule has 2 rings (SSSR count). The molecule has 0 spiro atoms. The van der Waals surface area contributed by atoms with Gasteiger partial charge in [0.15, 0.2) is 0 Å². The Bertz CT molecular complexity index is 310. The SMILES string of the molecule is Clc1ccc(CCNCCC2CCCO2)s1. The first-order chi connectivity index (χ1) is 7.84. The summed E-state index contributed by atoms with van der Waals surface area (Å²) < 4.78 is 6.45. The van der Waals surface area contributed by atoms with Gasteiger partial charge in [0, 0.05) is 11.5 Å². The maximum atomic E-state index is 5.87. The number of hydrogen-bond donors (Lipinski definition) is 1. The topological polar surface area (TPSA) is 21.3 Å². The lowest BCUT2D eigenvalue weighted by Crippen LogP contribution is -2.22. The van der Waals surface area contributed by atoms with Crippen LogP contribution in [0.3, 0.4) is 0 Å². The number of nitrogens with one attached hydrogen (secondary N) is 1. The molecule has 1 saturated heterocycles. The predicted molar refractivity (Wildman–Crippen MR) is 69.5 cm³/mol. The van der Waals surface area contributed by atoms with Crippen LogP contribution in [0.1, 0.15) is 24.1 Å². The van der Waals surface area contributed by atoms with Crippen LogP contribution in [0.4, 0.5) is 0 Å². The lowest BCUT2D eigenvalue weighted by Gasteiger charge is -2.09. The summed E-state index contributed by atoms with van der Waals surface area (Å²) in [5.41, 5.74) is 0. The van der Waals surface area contributed by atoms with E-state index in [1.54, 1.807) is 11.3 Å². The largest absolute Gasteiger partial charge is 0.378 e. The van der Waals surface area contributed by atoms with Gasteiger partial charge in [0.2, 0.25) is 0 Å². The molecule has 0 aliphatic carbocycles. The van der Waals surface area contributed by atoms with Crippen LogP contribution in [0.25, 0.3) is 0 Å². The van der Waals surface area contributed by atoms with Crippen molar-refractivity contribution in [3.05, 3.63) is 21.3 Å². The van der Waals surface area contributed by atoms with E-state index in [1.807, 2.05) is 6.07 Å². The first-order valence-corrected chi connectivity index (χ1v) is 7.10. The Labute approximate surface area is 106 Å². The van der Waals surface area contributed by atoms with Gasteiger partial charge in [-0.3, -0.25) is 0 Å². The summed E-state index contributed by atoms with van der Waals surface area (Å²) in [4.78, 5) is 1.36. The van der Waals surface area contributed by atoms with Crippen LogP contribution < -0.4 is 5.32 Å². The van der Waals surface area contributed by atoms with Gasteiger partial charge in [-0.05, 0) is 50.9 Å². The first kappa shape index (κ1) is 12.4. The quantitative estimate of drug-likeness (QED) is 0.793. The van der Waals surface area contributed by atoms with Crippen molar-refractivity contribution >= 4 is 22.9 Å². The summed E-state index contributed by atoms with van der Waals surface area (Å²) >= 11 is 7.54. The van der Waals surface area contributed by atoms with Crippen LogP contribution in [-0.4, -0.2) is 25.8 Å². The third-order valence-corrected chi connectivity index (χ3v) is 4.14. The van der Waals surface area contributed by atoms with Crippen molar-refractivity contribution in [1.82, 2.24) is 5.32 Å². The highest BCUT2D eigenvalue weighted by molar-refractivity contribution is 7.16. The zero-order valence-corrected chi connectivity index (χ0v) is 10.9. The molecule has 1 aliphatic rings. The lowest BCUT2D eigenvalue weighted by molar-refractivity contribution is 0.104. The first-order valence-electron chi connectivity index (χ1n) is 5.91. The summed E-state index contributed by atoms with van der Waals surface area (Å²) in [6.45, 7) is 3.05. The van der Waals surface area contributed by atoms with Gasteiger partial charge >= 0.3 is 0 Å². The molecule has 1 N–H and O–H groups in total. The smallest absolute Gasteiger partial charge is 0.0931 e. The Morgan fingerprint density at radius 1 is 1.44 bits per heavy atom. The maximum Gasteiger partial charge on any atom is 0.0931 e. The standard InChI is InChI=1S/C12H18ClNOS/c13-12-4-3-11(16-12)6-8-14-7-5-10-2-1-9-15-10/h3-4,10,14H,1-2,5-9H2. The molecule has 1 aromatic heterocycles. The molecule has 1 atom stereocenters. The normalized spacial score (nSPS) is 20.4. The molecular weight excluding hydrogens is 242 g/mol. The highest BCUT2D eigenvalue weighted by Crippen LogP contribution is 2.21. The van der Waals surface area contributed by atoms with Gasteiger partial charge in [0.25, 0.3) is 0 Å². The van der Waals surface area contributed by atoms with Gasteiger partial charge in [-0.1, -0.05) is 11.6 Å². The van der Waals surface area contributed by atoms with Crippen molar-refractivity contribution in [1.29, 1.82) is 0 Å². The summed E-state index contributed by atoms with van der Waals surface area (Å²) in [6.07, 6.45) is 5.19. The van der Waals surface area contributed by atoms with Gasteiger partial charge in [-0.15, -0.1) is 11.3 Å². The van der Waals surface area contributed by atoms with Crippen LogP contribution in [-0.2, 0) is 11.2 Å². The zero-order chi connectivity index (χ0) is 11.2. The molecule has 1 aliphatic heterocycles. The molecule has 1 fully saturated rings. The molecule has 16 heavy (non-hydrogen) atoms. The van der Waals surface area contributed by atoms with E-state index in [1.165, 1.54) is 17.7 Å². The van der Waals surface area contributed by atoms with E-state index in [2.05, 4.69) is 11.4 Å².